The van der Waals surface area contributed by atoms with Crippen molar-refractivity contribution in [1.29, 1.82) is 0 Å². The molecule has 0 aliphatic carbocycles. The zero-order chi connectivity index (χ0) is 34.6. The van der Waals surface area contributed by atoms with E-state index in [4.69, 9.17) is 9.26 Å². The molecule has 1 atom stereocenters. The molecule has 0 rings (SSSR count). The Morgan fingerprint density at radius 3 is 1.23 bits per heavy atom. The van der Waals surface area contributed by atoms with Crippen LogP contribution in [0.4, 0.5) is 65.9 Å². The first-order chi connectivity index (χ1) is 19.1. The summed E-state index contributed by atoms with van der Waals surface area (Å²) in [6, 6.07) is 0. The summed E-state index contributed by atoms with van der Waals surface area (Å²) in [4.78, 5) is 12.7. The number of rotatable bonds is 19. The Labute approximate surface area is 239 Å². The number of halogens is 15. The average Bonchev–Trinajstić information content (AvgIpc) is 2.88. The van der Waals surface area contributed by atoms with E-state index in [1.54, 1.807) is 20.8 Å². The fourth-order valence-corrected chi connectivity index (χ4v) is 11.5. The van der Waals surface area contributed by atoms with Crippen molar-refractivity contribution in [3.63, 3.8) is 0 Å². The molecule has 0 radical (unpaired) electrons. The zero-order valence-corrected chi connectivity index (χ0v) is 24.9. The minimum absolute atomic E-state index is 0.115. The van der Waals surface area contributed by atoms with Crippen molar-refractivity contribution in [2.75, 3.05) is 31.8 Å². The summed E-state index contributed by atoms with van der Waals surface area (Å²) < 4.78 is 216. The maximum absolute atomic E-state index is 14.9. The van der Waals surface area contributed by atoms with Crippen LogP contribution in [-0.2, 0) is 14.1 Å². The number of methoxy groups -OCH3 is 1. The Bertz CT molecular complexity index is 898. The molecule has 0 spiro atoms. The van der Waals surface area contributed by atoms with Crippen molar-refractivity contribution in [1.82, 2.24) is 0 Å². The van der Waals surface area contributed by atoms with Crippen LogP contribution in [0.15, 0.2) is 0 Å². The molecule has 0 aromatic rings. The number of alkyl halides is 15. The molecule has 0 bridgehead atoms. The standard InChI is InChI=1S/C24H36F15O3P/c1-6-9-12-43(13-10-7-2,14-11-8-3,15-16(4)41-5)42-17(40)18(25,26)19(27,28)20(29,30)21(31,32)22(33,34)23(35,36)24(37,38)39/h16H,6-15H2,1-5H3. The number of unbranched alkanes of at least 4 members (excludes halogenated alkanes) is 3. The van der Waals surface area contributed by atoms with E-state index in [9.17, 15) is 70.7 Å². The van der Waals surface area contributed by atoms with Gasteiger partial charge in [0.2, 0.25) is 0 Å². The Balaban J connectivity index is 7.24. The van der Waals surface area contributed by atoms with Crippen molar-refractivity contribution < 1.29 is 79.9 Å². The predicted molar refractivity (Wildman–Crippen MR) is 129 cm³/mol. The molecule has 43 heavy (non-hydrogen) atoms. The van der Waals surface area contributed by atoms with Crippen LogP contribution in [0, 0.1) is 0 Å². The van der Waals surface area contributed by atoms with E-state index in [0.29, 0.717) is 19.3 Å². The van der Waals surface area contributed by atoms with Gasteiger partial charge >= 0.3 is 239 Å². The Kier molecular flexibility index (Phi) is 13.3. The molecule has 0 aromatic heterocycles. The number of ether oxygens (including phenoxy) is 1. The van der Waals surface area contributed by atoms with E-state index in [-0.39, 0.29) is 43.9 Å². The van der Waals surface area contributed by atoms with Gasteiger partial charge in [0.25, 0.3) is 0 Å². The SMILES string of the molecule is CCCCP(CCCC)(CCCC)(CC(C)OC)OC(=O)C(F)(F)C(F)(F)C(F)(F)C(F)(F)C(F)(F)C(F)(F)C(F)(F)F. The Morgan fingerprint density at radius 2 is 0.930 bits per heavy atom. The van der Waals surface area contributed by atoms with Crippen LogP contribution in [0.25, 0.3) is 0 Å². The average molecular weight is 688 g/mol. The summed E-state index contributed by atoms with van der Waals surface area (Å²) in [6.07, 6.45) is -8.41. The fraction of sp³-hybridized carbons (Fsp3) is 0.958. The summed E-state index contributed by atoms with van der Waals surface area (Å²) in [5.74, 6) is -51.9. The quantitative estimate of drug-likeness (QED) is 0.100. The molecule has 1 unspecified atom stereocenters. The van der Waals surface area contributed by atoms with E-state index in [1.165, 1.54) is 6.92 Å². The topological polar surface area (TPSA) is 35.5 Å². The summed E-state index contributed by atoms with van der Waals surface area (Å²) in [5.41, 5.74) is 0. The van der Waals surface area contributed by atoms with Gasteiger partial charge in [-0.2, -0.15) is 0 Å². The summed E-state index contributed by atoms with van der Waals surface area (Å²) >= 11 is 0. The van der Waals surface area contributed by atoms with Gasteiger partial charge < -0.3 is 0 Å². The van der Waals surface area contributed by atoms with Gasteiger partial charge in [0.1, 0.15) is 0 Å². The molecule has 0 saturated carbocycles. The van der Waals surface area contributed by atoms with Crippen molar-refractivity contribution in [2.24, 2.45) is 0 Å². The monoisotopic (exact) mass is 688 g/mol. The van der Waals surface area contributed by atoms with E-state index < -0.39 is 60.6 Å². The minimum atomic E-state index is -8.48. The number of carbonyl (C=O) groups is 1. The molecule has 19 heteroatoms. The van der Waals surface area contributed by atoms with Crippen LogP contribution in [0.1, 0.15) is 66.2 Å². The van der Waals surface area contributed by atoms with Gasteiger partial charge in [0.15, 0.2) is 0 Å². The number of hydrogen-bond acceptors (Lipinski definition) is 3. The van der Waals surface area contributed by atoms with Crippen molar-refractivity contribution in [2.45, 2.75) is 114 Å². The molecule has 0 aliphatic heterocycles. The van der Waals surface area contributed by atoms with Crippen LogP contribution < -0.4 is 0 Å². The van der Waals surface area contributed by atoms with Gasteiger partial charge in [-0.15, -0.1) is 0 Å². The molecule has 0 aromatic carbocycles. The van der Waals surface area contributed by atoms with E-state index in [1.807, 2.05) is 0 Å². The van der Waals surface area contributed by atoms with E-state index in [2.05, 4.69) is 0 Å². The maximum atomic E-state index is 14.9. The first-order valence-electron chi connectivity index (χ1n) is 13.2. The Hall–Kier alpha value is -1.19. The third-order valence-corrected chi connectivity index (χ3v) is 13.7. The molecule has 0 aliphatic rings. The van der Waals surface area contributed by atoms with Gasteiger partial charge in [-0.05, 0) is 0 Å². The van der Waals surface area contributed by atoms with Crippen molar-refractivity contribution >= 4 is 12.8 Å². The van der Waals surface area contributed by atoms with Crippen LogP contribution >= 0.6 is 6.83 Å². The molecule has 0 heterocycles. The van der Waals surface area contributed by atoms with Gasteiger partial charge in [0, 0.05) is 0 Å². The number of hydrogen-bond donors (Lipinski definition) is 0. The molecular formula is C24H36F15O3P. The predicted octanol–water partition coefficient (Wildman–Crippen LogP) is 9.81. The molecular weight excluding hydrogens is 652 g/mol. The third kappa shape index (κ3) is 7.45. The molecule has 0 N–H and O–H groups in total. The van der Waals surface area contributed by atoms with Crippen LogP contribution in [0.5, 0.6) is 0 Å². The second-order valence-corrected chi connectivity index (χ2v) is 16.2. The number of carbonyl (C=O) groups excluding carboxylic acids is 1. The van der Waals surface area contributed by atoms with Gasteiger partial charge in [-0.3, -0.25) is 0 Å². The van der Waals surface area contributed by atoms with Crippen molar-refractivity contribution in [3.8, 4) is 0 Å². The summed E-state index contributed by atoms with van der Waals surface area (Å²) in [6.45, 7) is 1.61. The van der Waals surface area contributed by atoms with Crippen LogP contribution in [0.3, 0.4) is 0 Å². The van der Waals surface area contributed by atoms with E-state index in [0.717, 1.165) is 7.11 Å². The molecule has 3 nitrogen and oxygen atoms in total. The van der Waals surface area contributed by atoms with Gasteiger partial charge in [-0.25, -0.2) is 0 Å². The molecule has 0 amide bonds. The van der Waals surface area contributed by atoms with Gasteiger partial charge in [0.05, 0.1) is 0 Å². The third-order valence-electron chi connectivity index (χ3n) is 7.28. The summed E-state index contributed by atoms with van der Waals surface area (Å²) in [7, 11) is 1.15. The van der Waals surface area contributed by atoms with Crippen LogP contribution in [-0.4, -0.2) is 85.5 Å². The second kappa shape index (κ2) is 13.7. The van der Waals surface area contributed by atoms with E-state index >= 15 is 0 Å². The fourth-order valence-electron chi connectivity index (χ4n) is 4.57. The van der Waals surface area contributed by atoms with Crippen molar-refractivity contribution in [3.05, 3.63) is 0 Å². The molecule has 260 valence electrons. The normalized spacial score (nSPS) is 16.5. The Morgan fingerprint density at radius 1 is 0.605 bits per heavy atom. The van der Waals surface area contributed by atoms with Gasteiger partial charge in [-0.1, -0.05) is 0 Å². The van der Waals surface area contributed by atoms with Crippen LogP contribution in [0.2, 0.25) is 0 Å². The molecule has 0 saturated heterocycles. The first kappa shape index (κ1) is 41.8. The summed E-state index contributed by atoms with van der Waals surface area (Å²) in [5, 5.41) is 0. The molecule has 0 fully saturated rings. The zero-order valence-electron chi connectivity index (χ0n) is 24.0. The second-order valence-electron chi connectivity index (χ2n) is 10.6. The first-order valence-corrected chi connectivity index (χ1v) is 16.1.